The number of nitrogens with two attached hydrogens (primary N) is 2. The molecule has 0 aromatic heterocycles. The molecule has 5 nitrogen and oxygen atoms in total. The van der Waals surface area contributed by atoms with Gasteiger partial charge in [-0.25, -0.2) is 0 Å². The van der Waals surface area contributed by atoms with Gasteiger partial charge in [-0.3, -0.25) is 9.79 Å². The highest BCUT2D eigenvalue weighted by Crippen LogP contribution is 1.95. The number of hydrogen-bond acceptors (Lipinski definition) is 3. The summed E-state index contributed by atoms with van der Waals surface area (Å²) in [4.78, 5) is 14.4. The van der Waals surface area contributed by atoms with Crippen molar-refractivity contribution in [3.8, 4) is 0 Å². The third kappa shape index (κ3) is 7.69. The minimum absolute atomic E-state index is 0.420. The Morgan fingerprint density at radius 2 is 2.27 bits per heavy atom. The highest BCUT2D eigenvalue weighted by molar-refractivity contribution is 5.91. The second kappa shape index (κ2) is 7.99. The number of amidine groups is 1. The molecule has 0 amide bonds. The molecule has 0 aromatic rings. The van der Waals surface area contributed by atoms with Gasteiger partial charge < -0.3 is 16.6 Å². The molecule has 5 N–H and O–H groups in total. The Balaban J connectivity index is 3.69. The van der Waals surface area contributed by atoms with E-state index >= 15 is 0 Å². The molecule has 0 heterocycles. The SMILES string of the molecule is CCC=CC(N)=NCCCC(N)C(=O)O. The molecule has 0 saturated heterocycles. The fourth-order valence-electron chi connectivity index (χ4n) is 0.934. The van der Waals surface area contributed by atoms with E-state index in [2.05, 4.69) is 4.99 Å². The quantitative estimate of drug-likeness (QED) is 0.325. The Labute approximate surface area is 89.9 Å². The summed E-state index contributed by atoms with van der Waals surface area (Å²) in [5.74, 6) is -0.501. The lowest BCUT2D eigenvalue weighted by molar-refractivity contribution is -0.138. The van der Waals surface area contributed by atoms with E-state index in [1.807, 2.05) is 13.0 Å². The van der Waals surface area contributed by atoms with Gasteiger partial charge in [0.1, 0.15) is 11.9 Å². The van der Waals surface area contributed by atoms with E-state index in [-0.39, 0.29) is 0 Å². The van der Waals surface area contributed by atoms with Crippen LogP contribution >= 0.6 is 0 Å². The maximum atomic E-state index is 10.4. The van der Waals surface area contributed by atoms with Crippen molar-refractivity contribution in [2.75, 3.05) is 6.54 Å². The van der Waals surface area contributed by atoms with Crippen LogP contribution in [-0.2, 0) is 4.79 Å². The third-order valence-electron chi connectivity index (χ3n) is 1.81. The highest BCUT2D eigenvalue weighted by Gasteiger charge is 2.09. The van der Waals surface area contributed by atoms with Crippen molar-refractivity contribution >= 4 is 11.8 Å². The first kappa shape index (κ1) is 13.6. The lowest BCUT2D eigenvalue weighted by atomic mass is 10.2. The molecule has 86 valence electrons. The number of carboxylic acid groups (broad SMARTS) is 1. The average molecular weight is 213 g/mol. The highest BCUT2D eigenvalue weighted by atomic mass is 16.4. The molecule has 0 rings (SSSR count). The minimum Gasteiger partial charge on any atom is -0.480 e. The van der Waals surface area contributed by atoms with E-state index in [9.17, 15) is 4.79 Å². The second-order valence-electron chi connectivity index (χ2n) is 3.20. The summed E-state index contributed by atoms with van der Waals surface area (Å²) in [5.41, 5.74) is 10.9. The lowest BCUT2D eigenvalue weighted by Gasteiger charge is -2.03. The molecule has 1 atom stereocenters. The summed E-state index contributed by atoms with van der Waals surface area (Å²) < 4.78 is 0. The molecule has 5 heteroatoms. The average Bonchev–Trinajstić information content (AvgIpc) is 2.20. The van der Waals surface area contributed by atoms with Crippen molar-refractivity contribution < 1.29 is 9.90 Å². The number of hydrogen-bond donors (Lipinski definition) is 3. The summed E-state index contributed by atoms with van der Waals surface area (Å²) in [5, 5.41) is 8.51. The zero-order valence-electron chi connectivity index (χ0n) is 9.02. The monoisotopic (exact) mass is 213 g/mol. The summed E-state index contributed by atoms with van der Waals surface area (Å²) in [6, 6.07) is -0.799. The number of rotatable bonds is 7. The van der Waals surface area contributed by atoms with E-state index in [1.54, 1.807) is 6.08 Å². The summed E-state index contributed by atoms with van der Waals surface area (Å²) in [6.45, 7) is 2.52. The summed E-state index contributed by atoms with van der Waals surface area (Å²) in [6.07, 6.45) is 5.64. The van der Waals surface area contributed by atoms with Crippen molar-refractivity contribution in [2.45, 2.75) is 32.2 Å². The first-order valence-corrected chi connectivity index (χ1v) is 5.02. The van der Waals surface area contributed by atoms with Gasteiger partial charge in [0.15, 0.2) is 0 Å². The standard InChI is InChI=1S/C10H19N3O2/c1-2-3-6-9(12)13-7-4-5-8(11)10(14)15/h3,6,8H,2,4-5,7,11H2,1H3,(H2,12,13)(H,14,15). The molecule has 0 fully saturated rings. The zero-order chi connectivity index (χ0) is 11.7. The fraction of sp³-hybridized carbons (Fsp3) is 0.600. The van der Waals surface area contributed by atoms with Gasteiger partial charge >= 0.3 is 5.97 Å². The maximum Gasteiger partial charge on any atom is 0.320 e. The Hall–Kier alpha value is -1.36. The van der Waals surface area contributed by atoms with Gasteiger partial charge in [0.05, 0.1) is 0 Å². The van der Waals surface area contributed by atoms with Crippen LogP contribution in [0.2, 0.25) is 0 Å². The zero-order valence-corrected chi connectivity index (χ0v) is 9.02. The van der Waals surface area contributed by atoms with E-state index < -0.39 is 12.0 Å². The topological polar surface area (TPSA) is 102 Å². The molecule has 15 heavy (non-hydrogen) atoms. The normalized spacial score (nSPS) is 14.4. The molecular formula is C10H19N3O2. The van der Waals surface area contributed by atoms with Gasteiger partial charge in [-0.15, -0.1) is 0 Å². The molecule has 0 radical (unpaired) electrons. The first-order chi connectivity index (χ1) is 7.07. The van der Waals surface area contributed by atoms with Crippen LogP contribution in [0.15, 0.2) is 17.1 Å². The molecule has 1 unspecified atom stereocenters. The number of nitrogens with zero attached hydrogens (tertiary/aromatic N) is 1. The van der Waals surface area contributed by atoms with Crippen molar-refractivity contribution in [1.82, 2.24) is 0 Å². The van der Waals surface area contributed by atoms with Gasteiger partial charge in [-0.05, 0) is 25.3 Å². The Morgan fingerprint density at radius 1 is 1.60 bits per heavy atom. The van der Waals surface area contributed by atoms with E-state index in [0.29, 0.717) is 25.2 Å². The largest absolute Gasteiger partial charge is 0.480 e. The Morgan fingerprint density at radius 3 is 2.80 bits per heavy atom. The van der Waals surface area contributed by atoms with E-state index in [4.69, 9.17) is 16.6 Å². The van der Waals surface area contributed by atoms with Gasteiger partial charge in [0.2, 0.25) is 0 Å². The lowest BCUT2D eigenvalue weighted by Crippen LogP contribution is -2.30. The number of carbonyl (C=O) groups is 1. The predicted octanol–water partition coefficient (Wildman–Crippen LogP) is 0.502. The number of carboxylic acids is 1. The molecule has 0 saturated carbocycles. The van der Waals surface area contributed by atoms with Crippen LogP contribution in [-0.4, -0.2) is 29.5 Å². The van der Waals surface area contributed by atoms with E-state index in [0.717, 1.165) is 6.42 Å². The van der Waals surface area contributed by atoms with E-state index in [1.165, 1.54) is 0 Å². The van der Waals surface area contributed by atoms with Crippen molar-refractivity contribution in [1.29, 1.82) is 0 Å². The van der Waals surface area contributed by atoms with Crippen molar-refractivity contribution in [2.24, 2.45) is 16.5 Å². The number of aliphatic carboxylic acids is 1. The maximum absolute atomic E-state index is 10.4. The smallest absolute Gasteiger partial charge is 0.320 e. The Bertz CT molecular complexity index is 249. The fourth-order valence-corrected chi connectivity index (χ4v) is 0.934. The van der Waals surface area contributed by atoms with Crippen LogP contribution in [0.3, 0.4) is 0 Å². The van der Waals surface area contributed by atoms with Crippen molar-refractivity contribution in [3.63, 3.8) is 0 Å². The molecule has 0 aromatic carbocycles. The minimum atomic E-state index is -0.974. The molecular weight excluding hydrogens is 194 g/mol. The van der Waals surface area contributed by atoms with Crippen LogP contribution in [0.25, 0.3) is 0 Å². The summed E-state index contributed by atoms with van der Waals surface area (Å²) >= 11 is 0. The number of allylic oxidation sites excluding steroid dienone is 1. The molecule has 0 spiro atoms. The van der Waals surface area contributed by atoms with Gasteiger partial charge in [-0.2, -0.15) is 0 Å². The van der Waals surface area contributed by atoms with Gasteiger partial charge in [-0.1, -0.05) is 13.0 Å². The Kier molecular flexibility index (Phi) is 7.27. The second-order valence-corrected chi connectivity index (χ2v) is 3.20. The van der Waals surface area contributed by atoms with Gasteiger partial charge in [0, 0.05) is 6.54 Å². The van der Waals surface area contributed by atoms with Crippen LogP contribution < -0.4 is 11.5 Å². The first-order valence-electron chi connectivity index (χ1n) is 5.02. The van der Waals surface area contributed by atoms with Gasteiger partial charge in [0.25, 0.3) is 0 Å². The molecule has 0 aliphatic carbocycles. The van der Waals surface area contributed by atoms with Crippen LogP contribution in [0.1, 0.15) is 26.2 Å². The third-order valence-corrected chi connectivity index (χ3v) is 1.81. The predicted molar refractivity (Wildman–Crippen MR) is 60.8 cm³/mol. The molecule has 0 aliphatic heterocycles. The van der Waals surface area contributed by atoms with Crippen LogP contribution in [0.5, 0.6) is 0 Å². The number of aliphatic imine (C=N–C) groups is 1. The van der Waals surface area contributed by atoms with Crippen LogP contribution in [0, 0.1) is 0 Å². The van der Waals surface area contributed by atoms with Crippen LogP contribution in [0.4, 0.5) is 0 Å². The van der Waals surface area contributed by atoms with Crippen molar-refractivity contribution in [3.05, 3.63) is 12.2 Å². The summed E-state index contributed by atoms with van der Waals surface area (Å²) in [7, 11) is 0. The molecule has 0 bridgehead atoms. The molecule has 0 aliphatic rings.